The largest absolute Gasteiger partial charge is 0.383 e. The second kappa shape index (κ2) is 5.47. The van der Waals surface area contributed by atoms with Crippen molar-refractivity contribution in [2.24, 2.45) is 0 Å². The maximum absolute atomic E-state index is 10.7. The van der Waals surface area contributed by atoms with E-state index in [-0.39, 0.29) is 11.3 Å². The molecule has 1 aromatic rings. The van der Waals surface area contributed by atoms with E-state index in [1.165, 1.54) is 18.6 Å². The summed E-state index contributed by atoms with van der Waals surface area (Å²) < 4.78 is 0. The standard InChI is InChI=1S/C12H14N4O2/c13-7-9-6-10(3-4-12(9)16(17)18)15-8-11-2-1-5-14-11/h3-4,6,11,14-15H,1-2,5,8H2. The summed E-state index contributed by atoms with van der Waals surface area (Å²) in [6.07, 6.45) is 2.31. The molecule has 0 amide bonds. The Morgan fingerprint density at radius 1 is 1.61 bits per heavy atom. The molecule has 1 fully saturated rings. The smallest absolute Gasteiger partial charge is 0.287 e. The number of rotatable bonds is 4. The van der Waals surface area contributed by atoms with Crippen molar-refractivity contribution in [1.82, 2.24) is 5.32 Å². The maximum atomic E-state index is 10.7. The molecule has 6 heteroatoms. The van der Waals surface area contributed by atoms with Gasteiger partial charge in [0.15, 0.2) is 0 Å². The minimum atomic E-state index is -0.541. The van der Waals surface area contributed by atoms with Crippen molar-refractivity contribution < 1.29 is 4.92 Å². The summed E-state index contributed by atoms with van der Waals surface area (Å²) in [6, 6.07) is 6.80. The molecule has 1 heterocycles. The number of nitrogens with one attached hydrogen (secondary N) is 2. The van der Waals surface area contributed by atoms with E-state index >= 15 is 0 Å². The predicted molar refractivity (Wildman–Crippen MR) is 67.3 cm³/mol. The highest BCUT2D eigenvalue weighted by molar-refractivity contribution is 5.58. The molecule has 0 saturated carbocycles. The molecule has 18 heavy (non-hydrogen) atoms. The van der Waals surface area contributed by atoms with Gasteiger partial charge in [-0.1, -0.05) is 0 Å². The van der Waals surface area contributed by atoms with E-state index in [2.05, 4.69) is 10.6 Å². The molecular weight excluding hydrogens is 232 g/mol. The number of nitro benzene ring substituents is 1. The lowest BCUT2D eigenvalue weighted by atomic mass is 10.1. The minimum Gasteiger partial charge on any atom is -0.383 e. The first kappa shape index (κ1) is 12.3. The summed E-state index contributed by atoms with van der Waals surface area (Å²) in [4.78, 5) is 10.1. The van der Waals surface area contributed by atoms with Gasteiger partial charge in [-0.05, 0) is 31.5 Å². The van der Waals surface area contributed by atoms with Crippen LogP contribution < -0.4 is 10.6 Å². The lowest BCUT2D eigenvalue weighted by Crippen LogP contribution is -2.29. The van der Waals surface area contributed by atoms with Crippen LogP contribution in [0.2, 0.25) is 0 Å². The van der Waals surface area contributed by atoms with Gasteiger partial charge in [0.2, 0.25) is 0 Å². The topological polar surface area (TPSA) is 91.0 Å². The molecule has 1 atom stereocenters. The van der Waals surface area contributed by atoms with E-state index in [0.29, 0.717) is 6.04 Å². The quantitative estimate of drug-likeness (QED) is 0.622. The third-order valence-electron chi connectivity index (χ3n) is 3.03. The van der Waals surface area contributed by atoms with Crippen LogP contribution in [-0.4, -0.2) is 24.1 Å². The van der Waals surface area contributed by atoms with Gasteiger partial charge in [0.05, 0.1) is 4.92 Å². The van der Waals surface area contributed by atoms with Crippen LogP contribution in [0.5, 0.6) is 0 Å². The summed E-state index contributed by atoms with van der Waals surface area (Å²) >= 11 is 0. The highest BCUT2D eigenvalue weighted by Crippen LogP contribution is 2.22. The summed E-state index contributed by atoms with van der Waals surface area (Å²) in [7, 11) is 0. The van der Waals surface area contributed by atoms with Crippen LogP contribution >= 0.6 is 0 Å². The molecule has 0 radical (unpaired) electrons. The molecule has 0 bridgehead atoms. The van der Waals surface area contributed by atoms with Gasteiger partial charge in [-0.2, -0.15) is 5.26 Å². The van der Waals surface area contributed by atoms with Gasteiger partial charge in [-0.3, -0.25) is 10.1 Å². The van der Waals surface area contributed by atoms with E-state index in [9.17, 15) is 10.1 Å². The third-order valence-corrected chi connectivity index (χ3v) is 3.03. The number of nitrogens with zero attached hydrogens (tertiary/aromatic N) is 2. The summed E-state index contributed by atoms with van der Waals surface area (Å²) in [6.45, 7) is 1.80. The van der Waals surface area contributed by atoms with Crippen LogP contribution in [0.1, 0.15) is 18.4 Å². The molecule has 0 spiro atoms. The van der Waals surface area contributed by atoms with Crippen LogP contribution in [-0.2, 0) is 0 Å². The third kappa shape index (κ3) is 2.76. The fourth-order valence-corrected chi connectivity index (χ4v) is 2.07. The molecule has 1 unspecified atom stereocenters. The number of benzene rings is 1. The monoisotopic (exact) mass is 246 g/mol. The van der Waals surface area contributed by atoms with Gasteiger partial charge in [0.1, 0.15) is 11.6 Å². The zero-order chi connectivity index (χ0) is 13.0. The summed E-state index contributed by atoms with van der Waals surface area (Å²) in [5.41, 5.74) is 0.678. The average Bonchev–Trinajstić information content (AvgIpc) is 2.88. The Bertz CT molecular complexity index is 489. The van der Waals surface area contributed by atoms with Crippen molar-refractivity contribution >= 4 is 11.4 Å². The van der Waals surface area contributed by atoms with Gasteiger partial charge in [-0.25, -0.2) is 0 Å². The first-order valence-electron chi connectivity index (χ1n) is 5.86. The van der Waals surface area contributed by atoms with E-state index in [1.54, 1.807) is 6.07 Å². The fourth-order valence-electron chi connectivity index (χ4n) is 2.07. The van der Waals surface area contributed by atoms with Gasteiger partial charge in [0.25, 0.3) is 5.69 Å². The van der Waals surface area contributed by atoms with Crippen molar-refractivity contribution in [3.63, 3.8) is 0 Å². The van der Waals surface area contributed by atoms with E-state index in [1.807, 2.05) is 6.07 Å². The Hall–Kier alpha value is -2.13. The highest BCUT2D eigenvalue weighted by Gasteiger charge is 2.16. The molecular formula is C12H14N4O2. The van der Waals surface area contributed by atoms with E-state index < -0.39 is 4.92 Å². The molecule has 1 aromatic carbocycles. The van der Waals surface area contributed by atoms with Gasteiger partial charge >= 0.3 is 0 Å². The molecule has 2 rings (SSSR count). The Morgan fingerprint density at radius 3 is 3.06 bits per heavy atom. The highest BCUT2D eigenvalue weighted by atomic mass is 16.6. The Labute approximate surface area is 105 Å². The summed E-state index contributed by atoms with van der Waals surface area (Å²) in [5.74, 6) is 0. The van der Waals surface area contributed by atoms with Crippen LogP contribution in [0.25, 0.3) is 0 Å². The molecule has 1 saturated heterocycles. The van der Waals surface area contributed by atoms with Crippen molar-refractivity contribution in [3.8, 4) is 6.07 Å². The minimum absolute atomic E-state index is 0.0874. The molecule has 1 aliphatic rings. The second-order valence-electron chi connectivity index (χ2n) is 4.28. The molecule has 94 valence electrons. The van der Waals surface area contributed by atoms with Crippen molar-refractivity contribution in [1.29, 1.82) is 5.26 Å². The van der Waals surface area contributed by atoms with Gasteiger partial charge in [-0.15, -0.1) is 0 Å². The normalized spacial score (nSPS) is 18.3. The lowest BCUT2D eigenvalue weighted by Gasteiger charge is -2.12. The van der Waals surface area contributed by atoms with Crippen molar-refractivity contribution in [2.75, 3.05) is 18.4 Å². The summed E-state index contributed by atoms with van der Waals surface area (Å²) in [5, 5.41) is 26.1. The number of anilines is 1. The van der Waals surface area contributed by atoms with E-state index in [4.69, 9.17) is 5.26 Å². The first-order chi connectivity index (χ1) is 8.70. The maximum Gasteiger partial charge on any atom is 0.287 e. The number of nitro groups is 1. The molecule has 0 aromatic heterocycles. The van der Waals surface area contributed by atoms with Gasteiger partial charge < -0.3 is 10.6 Å². The SMILES string of the molecule is N#Cc1cc(NCC2CCCN2)ccc1[N+](=O)[O-]. The van der Waals surface area contributed by atoms with E-state index in [0.717, 1.165) is 25.2 Å². The van der Waals surface area contributed by atoms with Crippen molar-refractivity contribution in [2.45, 2.75) is 18.9 Å². The van der Waals surface area contributed by atoms with Crippen LogP contribution in [0.3, 0.4) is 0 Å². The Kier molecular flexibility index (Phi) is 3.75. The number of hydrogen-bond donors (Lipinski definition) is 2. The fraction of sp³-hybridized carbons (Fsp3) is 0.417. The van der Waals surface area contributed by atoms with Crippen molar-refractivity contribution in [3.05, 3.63) is 33.9 Å². The predicted octanol–water partition coefficient (Wildman–Crippen LogP) is 1.63. The first-order valence-corrected chi connectivity index (χ1v) is 5.86. The van der Waals surface area contributed by atoms with Crippen LogP contribution in [0.4, 0.5) is 11.4 Å². The van der Waals surface area contributed by atoms with Gasteiger partial charge in [0, 0.05) is 24.3 Å². The Morgan fingerprint density at radius 2 is 2.44 bits per heavy atom. The zero-order valence-corrected chi connectivity index (χ0v) is 9.85. The lowest BCUT2D eigenvalue weighted by molar-refractivity contribution is -0.385. The van der Waals surface area contributed by atoms with Crippen LogP contribution in [0, 0.1) is 21.4 Å². The molecule has 6 nitrogen and oxygen atoms in total. The van der Waals surface area contributed by atoms with Crippen LogP contribution in [0.15, 0.2) is 18.2 Å². The second-order valence-corrected chi connectivity index (χ2v) is 4.28. The average molecular weight is 246 g/mol. The zero-order valence-electron chi connectivity index (χ0n) is 9.85. The molecule has 0 aliphatic carbocycles. The number of hydrogen-bond acceptors (Lipinski definition) is 5. The number of nitriles is 1. The molecule has 2 N–H and O–H groups in total. The molecule has 1 aliphatic heterocycles. The Balaban J connectivity index is 2.05.